The topological polar surface area (TPSA) is 60.7 Å². The molecular formula is C13H15ClN4O. The van der Waals surface area contributed by atoms with Gasteiger partial charge in [0.1, 0.15) is 0 Å². The maximum Gasteiger partial charge on any atom is 0.254 e. The van der Waals surface area contributed by atoms with Crippen molar-refractivity contribution in [2.24, 2.45) is 0 Å². The molecule has 0 aliphatic heterocycles. The highest BCUT2D eigenvalue weighted by Gasteiger charge is 2.17. The lowest BCUT2D eigenvalue weighted by molar-refractivity contribution is 0.102. The predicted molar refractivity (Wildman–Crippen MR) is 73.2 cm³/mol. The summed E-state index contributed by atoms with van der Waals surface area (Å²) < 4.78 is 1.82. The van der Waals surface area contributed by atoms with Gasteiger partial charge >= 0.3 is 0 Å². The summed E-state index contributed by atoms with van der Waals surface area (Å²) in [6.45, 7) is 7.49. The van der Waals surface area contributed by atoms with E-state index in [1.54, 1.807) is 6.07 Å². The highest BCUT2D eigenvalue weighted by Crippen LogP contribution is 2.19. The van der Waals surface area contributed by atoms with Crippen LogP contribution in [0.4, 0.5) is 0 Å². The van der Waals surface area contributed by atoms with Crippen LogP contribution in [-0.4, -0.2) is 31.4 Å². The Kier molecular flexibility index (Phi) is 3.66. The lowest BCUT2D eigenvalue weighted by Crippen LogP contribution is -2.10. The van der Waals surface area contributed by atoms with Gasteiger partial charge in [-0.1, -0.05) is 0 Å². The average Bonchev–Trinajstić information content (AvgIpc) is 2.68. The summed E-state index contributed by atoms with van der Waals surface area (Å²) in [7, 11) is 0. The minimum atomic E-state index is -0.0993. The molecule has 2 aromatic rings. The van der Waals surface area contributed by atoms with Crippen LogP contribution in [0.1, 0.15) is 33.1 Å². The zero-order valence-electron chi connectivity index (χ0n) is 11.4. The molecule has 0 unspecified atom stereocenters. The molecule has 0 bridgehead atoms. The van der Waals surface area contributed by atoms with Crippen LogP contribution in [0.15, 0.2) is 6.07 Å². The molecule has 0 radical (unpaired) electrons. The van der Waals surface area contributed by atoms with Crippen LogP contribution in [0.3, 0.4) is 0 Å². The summed E-state index contributed by atoms with van der Waals surface area (Å²) in [5.74, 6) is 0.348. The second-order valence-corrected chi connectivity index (χ2v) is 4.73. The molecule has 6 heteroatoms. The number of Topliss-reactive ketones (excluding diaryl/α,β-unsaturated/α-hetero) is 1. The van der Waals surface area contributed by atoms with Crippen LogP contribution in [0.25, 0.3) is 5.95 Å². The van der Waals surface area contributed by atoms with E-state index in [0.29, 0.717) is 11.5 Å². The number of carbonyl (C=O) groups excluding carboxylic acids is 1. The third kappa shape index (κ3) is 2.38. The van der Waals surface area contributed by atoms with Crippen molar-refractivity contribution in [3.05, 3.63) is 34.4 Å². The van der Waals surface area contributed by atoms with E-state index in [1.165, 1.54) is 0 Å². The Morgan fingerprint density at radius 3 is 2.47 bits per heavy atom. The number of nitrogens with zero attached hydrogens (tertiary/aromatic N) is 4. The Hall–Kier alpha value is -1.75. The van der Waals surface area contributed by atoms with Gasteiger partial charge in [-0.25, -0.2) is 4.98 Å². The number of carbonyl (C=O) groups is 1. The number of rotatable bonds is 3. The van der Waals surface area contributed by atoms with E-state index in [4.69, 9.17) is 11.6 Å². The number of hydrogen-bond acceptors (Lipinski definition) is 4. The fraction of sp³-hybridized carbons (Fsp3) is 0.385. The van der Waals surface area contributed by atoms with Crippen molar-refractivity contribution < 1.29 is 4.79 Å². The Balaban J connectivity index is 2.59. The summed E-state index contributed by atoms with van der Waals surface area (Å²) in [5, 5.41) is 8.15. The van der Waals surface area contributed by atoms with E-state index in [1.807, 2.05) is 32.3 Å². The first kappa shape index (κ1) is 13.7. The third-order valence-electron chi connectivity index (χ3n) is 3.13. The van der Waals surface area contributed by atoms with Gasteiger partial charge in [-0.15, -0.1) is 16.7 Å². The molecule has 0 saturated carbocycles. The molecule has 0 saturated heterocycles. The van der Waals surface area contributed by atoms with Gasteiger partial charge in [0.2, 0.25) is 0 Å². The number of aryl methyl sites for hydroxylation is 3. The molecule has 100 valence electrons. The summed E-state index contributed by atoms with van der Waals surface area (Å²) in [6.07, 6.45) is 0. The second-order valence-electron chi connectivity index (χ2n) is 4.46. The van der Waals surface area contributed by atoms with Crippen molar-refractivity contribution in [2.45, 2.75) is 27.7 Å². The maximum atomic E-state index is 11.8. The normalized spacial score (nSPS) is 10.8. The Labute approximate surface area is 116 Å². The van der Waals surface area contributed by atoms with Crippen LogP contribution in [0, 0.1) is 27.7 Å². The summed E-state index contributed by atoms with van der Waals surface area (Å²) in [4.78, 5) is 16.2. The largest absolute Gasteiger partial charge is 0.293 e. The molecule has 19 heavy (non-hydrogen) atoms. The number of aromatic nitrogens is 4. The van der Waals surface area contributed by atoms with Crippen LogP contribution in [0.2, 0.25) is 0 Å². The van der Waals surface area contributed by atoms with Crippen LogP contribution >= 0.6 is 11.6 Å². The molecule has 0 aliphatic carbocycles. The number of alkyl halides is 1. The standard InChI is InChI=1S/C13H15ClN4O/c1-7-5-11(12(19)6-14)10(4)18(7)13-15-8(2)9(3)16-17-13/h5H,6H2,1-4H3. The van der Waals surface area contributed by atoms with Crippen molar-refractivity contribution in [2.75, 3.05) is 5.88 Å². The van der Waals surface area contributed by atoms with Gasteiger partial charge in [0, 0.05) is 17.0 Å². The SMILES string of the molecule is Cc1nnc(-n2c(C)cc(C(=O)CCl)c2C)nc1C. The molecule has 0 aromatic carbocycles. The van der Waals surface area contributed by atoms with E-state index >= 15 is 0 Å². The number of halogens is 1. The molecule has 0 aliphatic rings. The minimum absolute atomic E-state index is 0.0314. The van der Waals surface area contributed by atoms with E-state index in [-0.39, 0.29) is 11.7 Å². The Morgan fingerprint density at radius 1 is 1.21 bits per heavy atom. The first-order valence-electron chi connectivity index (χ1n) is 5.92. The molecule has 0 amide bonds. The predicted octanol–water partition coefficient (Wildman–Crippen LogP) is 2.32. The van der Waals surface area contributed by atoms with Gasteiger partial charge in [-0.2, -0.15) is 5.10 Å². The molecule has 2 rings (SSSR count). The van der Waals surface area contributed by atoms with Crippen LogP contribution in [0.5, 0.6) is 0 Å². The quantitative estimate of drug-likeness (QED) is 0.638. The zero-order chi connectivity index (χ0) is 14.2. The molecule has 2 heterocycles. The van der Waals surface area contributed by atoms with Crippen molar-refractivity contribution in [1.82, 2.24) is 19.7 Å². The fourth-order valence-corrected chi connectivity index (χ4v) is 2.11. The van der Waals surface area contributed by atoms with Gasteiger partial charge in [0.05, 0.1) is 17.3 Å². The minimum Gasteiger partial charge on any atom is -0.293 e. The highest BCUT2D eigenvalue weighted by atomic mass is 35.5. The maximum absolute atomic E-state index is 11.8. The molecule has 0 spiro atoms. The van der Waals surface area contributed by atoms with E-state index in [9.17, 15) is 4.79 Å². The van der Waals surface area contributed by atoms with Crippen LogP contribution in [-0.2, 0) is 0 Å². The van der Waals surface area contributed by atoms with Crippen molar-refractivity contribution >= 4 is 17.4 Å². The lowest BCUT2D eigenvalue weighted by Gasteiger charge is -2.08. The first-order valence-corrected chi connectivity index (χ1v) is 6.45. The molecular weight excluding hydrogens is 264 g/mol. The molecule has 5 nitrogen and oxygen atoms in total. The summed E-state index contributed by atoms with van der Waals surface area (Å²) in [5.41, 5.74) is 3.89. The Bertz CT molecular complexity index is 648. The monoisotopic (exact) mass is 278 g/mol. The van der Waals surface area contributed by atoms with Gasteiger partial charge in [-0.05, 0) is 33.8 Å². The van der Waals surface area contributed by atoms with Crippen molar-refractivity contribution in [3.63, 3.8) is 0 Å². The second kappa shape index (κ2) is 5.09. The summed E-state index contributed by atoms with van der Waals surface area (Å²) in [6, 6.07) is 1.80. The van der Waals surface area contributed by atoms with Crippen LogP contribution < -0.4 is 0 Å². The van der Waals surface area contributed by atoms with Gasteiger partial charge in [-0.3, -0.25) is 9.36 Å². The third-order valence-corrected chi connectivity index (χ3v) is 3.38. The van der Waals surface area contributed by atoms with E-state index in [2.05, 4.69) is 15.2 Å². The number of ketones is 1. The summed E-state index contributed by atoms with van der Waals surface area (Å²) >= 11 is 5.61. The lowest BCUT2D eigenvalue weighted by atomic mass is 10.2. The van der Waals surface area contributed by atoms with Crippen molar-refractivity contribution in [3.8, 4) is 5.95 Å². The average molecular weight is 279 g/mol. The molecule has 0 atom stereocenters. The smallest absolute Gasteiger partial charge is 0.254 e. The van der Waals surface area contributed by atoms with Gasteiger partial charge < -0.3 is 0 Å². The fourth-order valence-electron chi connectivity index (χ4n) is 1.96. The molecule has 2 aromatic heterocycles. The van der Waals surface area contributed by atoms with E-state index < -0.39 is 0 Å². The van der Waals surface area contributed by atoms with Gasteiger partial charge in [0.25, 0.3) is 5.95 Å². The zero-order valence-corrected chi connectivity index (χ0v) is 12.1. The number of hydrogen-bond donors (Lipinski definition) is 0. The molecule has 0 N–H and O–H groups in total. The Morgan fingerprint density at radius 2 is 1.89 bits per heavy atom. The molecule has 0 fully saturated rings. The highest BCUT2D eigenvalue weighted by molar-refractivity contribution is 6.30. The first-order chi connectivity index (χ1) is 8.95. The van der Waals surface area contributed by atoms with Crippen molar-refractivity contribution in [1.29, 1.82) is 0 Å². The van der Waals surface area contributed by atoms with E-state index in [0.717, 1.165) is 22.8 Å². The van der Waals surface area contributed by atoms with Gasteiger partial charge in [0.15, 0.2) is 5.78 Å².